The largest absolute Gasteiger partial charge is 0.385 e. The van der Waals surface area contributed by atoms with E-state index in [4.69, 9.17) is 0 Å². The van der Waals surface area contributed by atoms with Gasteiger partial charge in [0, 0.05) is 10.9 Å². The van der Waals surface area contributed by atoms with Gasteiger partial charge in [-0.3, -0.25) is 0 Å². The van der Waals surface area contributed by atoms with Crippen LogP contribution in [0.15, 0.2) is 40.9 Å². The number of halogens is 1. The molecular formula is C18H19BrO. The minimum absolute atomic E-state index is 0.708. The summed E-state index contributed by atoms with van der Waals surface area (Å²) in [7, 11) is 0. The van der Waals surface area contributed by atoms with Crippen molar-refractivity contribution in [2.45, 2.75) is 38.7 Å². The molecule has 2 aromatic carbocycles. The van der Waals surface area contributed by atoms with Crippen molar-refractivity contribution in [3.63, 3.8) is 0 Å². The molecule has 1 N–H and O–H groups in total. The molecule has 1 aliphatic carbocycles. The molecule has 20 heavy (non-hydrogen) atoms. The van der Waals surface area contributed by atoms with Crippen molar-refractivity contribution < 1.29 is 5.11 Å². The third-order valence-corrected chi connectivity index (χ3v) is 4.84. The molecule has 0 bridgehead atoms. The fourth-order valence-electron chi connectivity index (χ4n) is 3.31. The van der Waals surface area contributed by atoms with Crippen LogP contribution in [-0.4, -0.2) is 5.11 Å². The Morgan fingerprint density at radius 2 is 1.85 bits per heavy atom. The van der Waals surface area contributed by atoms with Gasteiger partial charge < -0.3 is 5.11 Å². The van der Waals surface area contributed by atoms with E-state index in [-0.39, 0.29) is 0 Å². The predicted octanol–water partition coefficient (Wildman–Crippen LogP) is 4.44. The van der Waals surface area contributed by atoms with Crippen LogP contribution in [0.1, 0.15) is 34.2 Å². The van der Waals surface area contributed by atoms with E-state index in [0.717, 1.165) is 22.9 Å². The maximum Gasteiger partial charge on any atom is 0.0942 e. The minimum atomic E-state index is -0.724. The lowest BCUT2D eigenvalue weighted by Crippen LogP contribution is -2.33. The van der Waals surface area contributed by atoms with Crippen LogP contribution in [-0.2, 0) is 18.4 Å². The number of benzene rings is 2. The third-order valence-electron chi connectivity index (χ3n) is 4.34. The van der Waals surface area contributed by atoms with Crippen molar-refractivity contribution in [1.82, 2.24) is 0 Å². The van der Waals surface area contributed by atoms with Crippen LogP contribution in [0.5, 0.6) is 0 Å². The summed E-state index contributed by atoms with van der Waals surface area (Å²) in [5.41, 5.74) is 5.41. The predicted molar refractivity (Wildman–Crippen MR) is 86.0 cm³/mol. The molecule has 1 atom stereocenters. The van der Waals surface area contributed by atoms with E-state index in [0.29, 0.717) is 6.42 Å². The summed E-state index contributed by atoms with van der Waals surface area (Å²) in [5, 5.41) is 11.1. The van der Waals surface area contributed by atoms with Crippen LogP contribution in [0.3, 0.4) is 0 Å². The third kappa shape index (κ3) is 2.43. The van der Waals surface area contributed by atoms with E-state index < -0.39 is 5.60 Å². The van der Waals surface area contributed by atoms with Crippen LogP contribution in [0.25, 0.3) is 0 Å². The Labute approximate surface area is 128 Å². The summed E-state index contributed by atoms with van der Waals surface area (Å²) in [6.07, 6.45) is 2.43. The molecule has 0 fully saturated rings. The maximum atomic E-state index is 11.1. The second kappa shape index (κ2) is 5.01. The van der Waals surface area contributed by atoms with E-state index in [9.17, 15) is 5.11 Å². The number of hydrogen-bond donors (Lipinski definition) is 1. The second-order valence-electron chi connectivity index (χ2n) is 5.94. The van der Waals surface area contributed by atoms with Crippen molar-refractivity contribution in [3.05, 3.63) is 68.7 Å². The number of aliphatic hydroxyl groups is 1. The molecule has 2 aromatic rings. The molecular weight excluding hydrogens is 312 g/mol. The summed E-state index contributed by atoms with van der Waals surface area (Å²) in [5.74, 6) is 0. The van der Waals surface area contributed by atoms with Gasteiger partial charge in [0.05, 0.1) is 5.60 Å². The molecule has 0 aromatic heterocycles. The van der Waals surface area contributed by atoms with Crippen molar-refractivity contribution in [3.8, 4) is 0 Å². The first-order valence-electron chi connectivity index (χ1n) is 7.05. The number of hydrogen-bond acceptors (Lipinski definition) is 1. The van der Waals surface area contributed by atoms with Crippen molar-refractivity contribution in [2.75, 3.05) is 0 Å². The first-order valence-corrected chi connectivity index (χ1v) is 7.85. The second-order valence-corrected chi connectivity index (χ2v) is 6.86. The molecule has 0 amide bonds. The fraction of sp³-hybridized carbons (Fsp3) is 0.333. The minimum Gasteiger partial charge on any atom is -0.385 e. The standard InChI is InChI=1S/C18H19BrO/c1-12-3-6-17(13(2)9-12)18(20)8-7-14-10-16(19)5-4-15(14)11-18/h3-6,9-10,20H,7-8,11H2,1-2H3. The molecule has 1 unspecified atom stereocenters. The average Bonchev–Trinajstić information content (AvgIpc) is 2.39. The number of aryl methyl sites for hydroxylation is 3. The Bertz CT molecular complexity index is 662. The van der Waals surface area contributed by atoms with E-state index in [1.165, 1.54) is 22.3 Å². The summed E-state index contributed by atoms with van der Waals surface area (Å²) < 4.78 is 1.12. The molecule has 0 heterocycles. The summed E-state index contributed by atoms with van der Waals surface area (Å²) in [6.45, 7) is 4.19. The fourth-order valence-corrected chi connectivity index (χ4v) is 3.72. The molecule has 1 aliphatic rings. The van der Waals surface area contributed by atoms with E-state index in [1.807, 2.05) is 0 Å². The van der Waals surface area contributed by atoms with Crippen molar-refractivity contribution >= 4 is 15.9 Å². The summed E-state index contributed by atoms with van der Waals surface area (Å²) in [6, 6.07) is 12.7. The molecule has 0 aliphatic heterocycles. The Hall–Kier alpha value is -1.12. The molecule has 0 radical (unpaired) electrons. The molecule has 0 saturated carbocycles. The van der Waals surface area contributed by atoms with Crippen molar-refractivity contribution in [2.24, 2.45) is 0 Å². The zero-order valence-electron chi connectivity index (χ0n) is 11.9. The monoisotopic (exact) mass is 330 g/mol. The van der Waals surface area contributed by atoms with Gasteiger partial charge in [-0.15, -0.1) is 0 Å². The van der Waals surface area contributed by atoms with Gasteiger partial charge in [0.25, 0.3) is 0 Å². The van der Waals surface area contributed by atoms with Gasteiger partial charge in [-0.1, -0.05) is 45.8 Å². The van der Waals surface area contributed by atoms with Gasteiger partial charge in [0.1, 0.15) is 0 Å². The first kappa shape index (κ1) is 13.8. The highest BCUT2D eigenvalue weighted by Gasteiger charge is 2.34. The number of fused-ring (bicyclic) bond motifs is 1. The van der Waals surface area contributed by atoms with Crippen LogP contribution in [0.4, 0.5) is 0 Å². The van der Waals surface area contributed by atoms with Crippen LogP contribution < -0.4 is 0 Å². The van der Waals surface area contributed by atoms with Gasteiger partial charge in [0.15, 0.2) is 0 Å². The van der Waals surface area contributed by atoms with Gasteiger partial charge in [0.2, 0.25) is 0 Å². The first-order chi connectivity index (χ1) is 9.48. The SMILES string of the molecule is Cc1ccc(C2(O)CCc3cc(Br)ccc3C2)c(C)c1. The molecule has 0 spiro atoms. The van der Waals surface area contributed by atoms with E-state index in [1.54, 1.807) is 0 Å². The van der Waals surface area contributed by atoms with Crippen LogP contribution >= 0.6 is 15.9 Å². The van der Waals surface area contributed by atoms with Gasteiger partial charge in [-0.2, -0.15) is 0 Å². The van der Waals surface area contributed by atoms with Gasteiger partial charge in [-0.05, 0) is 61.1 Å². The van der Waals surface area contributed by atoms with E-state index in [2.05, 4.69) is 66.2 Å². The summed E-state index contributed by atoms with van der Waals surface area (Å²) in [4.78, 5) is 0. The highest BCUT2D eigenvalue weighted by atomic mass is 79.9. The Morgan fingerprint density at radius 3 is 2.60 bits per heavy atom. The average molecular weight is 331 g/mol. The molecule has 104 valence electrons. The zero-order valence-corrected chi connectivity index (χ0v) is 13.5. The van der Waals surface area contributed by atoms with Crippen LogP contribution in [0, 0.1) is 13.8 Å². The quantitative estimate of drug-likeness (QED) is 0.819. The lowest BCUT2D eigenvalue weighted by atomic mass is 9.75. The maximum absolute atomic E-state index is 11.1. The van der Waals surface area contributed by atoms with E-state index >= 15 is 0 Å². The highest BCUT2D eigenvalue weighted by Crippen LogP contribution is 2.38. The van der Waals surface area contributed by atoms with Gasteiger partial charge >= 0.3 is 0 Å². The zero-order chi connectivity index (χ0) is 14.3. The molecule has 1 nitrogen and oxygen atoms in total. The highest BCUT2D eigenvalue weighted by molar-refractivity contribution is 9.10. The lowest BCUT2D eigenvalue weighted by molar-refractivity contribution is 0.0216. The van der Waals surface area contributed by atoms with Crippen LogP contribution in [0.2, 0.25) is 0 Å². The Balaban J connectivity index is 2.00. The summed E-state index contributed by atoms with van der Waals surface area (Å²) >= 11 is 3.52. The number of rotatable bonds is 1. The van der Waals surface area contributed by atoms with Crippen molar-refractivity contribution in [1.29, 1.82) is 0 Å². The van der Waals surface area contributed by atoms with Gasteiger partial charge in [-0.25, -0.2) is 0 Å². The Morgan fingerprint density at radius 1 is 1.05 bits per heavy atom. The normalized spacial score (nSPS) is 21.6. The topological polar surface area (TPSA) is 20.2 Å². The molecule has 2 heteroatoms. The molecule has 0 saturated heterocycles. The smallest absolute Gasteiger partial charge is 0.0942 e. The molecule has 3 rings (SSSR count). The lowest BCUT2D eigenvalue weighted by Gasteiger charge is -2.35. The Kier molecular flexibility index (Phi) is 3.47.